The minimum atomic E-state index is -0.884. The summed E-state index contributed by atoms with van der Waals surface area (Å²) in [6.07, 6.45) is -0.889. The zero-order valence-corrected chi connectivity index (χ0v) is 9.17. The van der Waals surface area contributed by atoms with Crippen LogP contribution in [0.2, 0.25) is 0 Å². The highest BCUT2D eigenvalue weighted by atomic mass is 16.6. The third-order valence-corrected chi connectivity index (χ3v) is 2.58. The van der Waals surface area contributed by atoms with E-state index >= 15 is 0 Å². The van der Waals surface area contributed by atoms with Crippen molar-refractivity contribution in [2.45, 2.75) is 19.3 Å². The first-order valence-electron chi connectivity index (χ1n) is 5.32. The zero-order valence-electron chi connectivity index (χ0n) is 9.17. The Morgan fingerprint density at radius 2 is 2.12 bits per heavy atom. The number of nitrogens with two attached hydrogens (primary N) is 1. The molecule has 0 bridgehead atoms. The molecule has 2 N–H and O–H groups in total. The molecule has 1 aromatic rings. The SMILES string of the molecule is NC1OC(=O)CC1C(=O)OCc1ccccc1. The molecular weight excluding hydrogens is 222 g/mol. The molecule has 0 aliphatic carbocycles. The maximum absolute atomic E-state index is 11.6. The summed E-state index contributed by atoms with van der Waals surface area (Å²) >= 11 is 0. The Bertz CT molecular complexity index is 418. The standard InChI is InChI=1S/C12H13NO4/c13-11-9(6-10(14)17-11)12(15)16-7-8-4-2-1-3-5-8/h1-5,9,11H,6-7,13H2. The van der Waals surface area contributed by atoms with Crippen molar-refractivity contribution in [3.05, 3.63) is 35.9 Å². The smallest absolute Gasteiger partial charge is 0.315 e. The molecule has 17 heavy (non-hydrogen) atoms. The van der Waals surface area contributed by atoms with Gasteiger partial charge in [0.05, 0.1) is 6.42 Å². The van der Waals surface area contributed by atoms with E-state index in [1.165, 1.54) is 0 Å². The van der Waals surface area contributed by atoms with Crippen molar-refractivity contribution in [2.75, 3.05) is 0 Å². The summed E-state index contributed by atoms with van der Waals surface area (Å²) in [5, 5.41) is 0. The van der Waals surface area contributed by atoms with E-state index in [0.29, 0.717) is 0 Å². The predicted octanol–water partition coefficient (Wildman–Crippen LogP) is 0.578. The van der Waals surface area contributed by atoms with Crippen LogP contribution < -0.4 is 5.73 Å². The van der Waals surface area contributed by atoms with E-state index in [1.54, 1.807) is 0 Å². The first kappa shape index (κ1) is 11.6. The predicted molar refractivity (Wildman–Crippen MR) is 58.4 cm³/mol. The van der Waals surface area contributed by atoms with Crippen LogP contribution in [0.4, 0.5) is 0 Å². The van der Waals surface area contributed by atoms with Gasteiger partial charge < -0.3 is 9.47 Å². The van der Waals surface area contributed by atoms with Crippen LogP contribution >= 0.6 is 0 Å². The average Bonchev–Trinajstić information content (AvgIpc) is 2.67. The number of hydrogen-bond donors (Lipinski definition) is 1. The summed E-state index contributed by atoms with van der Waals surface area (Å²) in [5.41, 5.74) is 6.38. The maximum atomic E-state index is 11.6. The van der Waals surface area contributed by atoms with Gasteiger partial charge >= 0.3 is 11.9 Å². The molecule has 2 rings (SSSR count). The second-order valence-electron chi connectivity index (χ2n) is 3.86. The molecule has 1 aliphatic rings. The summed E-state index contributed by atoms with van der Waals surface area (Å²) in [4.78, 5) is 22.6. The number of rotatable bonds is 3. The van der Waals surface area contributed by atoms with Crippen LogP contribution in [0.1, 0.15) is 12.0 Å². The Hall–Kier alpha value is -1.88. The van der Waals surface area contributed by atoms with E-state index < -0.39 is 24.1 Å². The van der Waals surface area contributed by atoms with Crippen molar-refractivity contribution in [1.29, 1.82) is 0 Å². The van der Waals surface area contributed by atoms with Crippen LogP contribution in [-0.4, -0.2) is 18.2 Å². The molecule has 1 heterocycles. The van der Waals surface area contributed by atoms with Crippen molar-refractivity contribution in [2.24, 2.45) is 11.7 Å². The fourth-order valence-electron chi connectivity index (χ4n) is 1.63. The summed E-state index contributed by atoms with van der Waals surface area (Å²) in [6.45, 7) is 0.178. The number of benzene rings is 1. The number of carbonyl (C=O) groups excluding carboxylic acids is 2. The Balaban J connectivity index is 1.88. The highest BCUT2D eigenvalue weighted by molar-refractivity contribution is 5.83. The Morgan fingerprint density at radius 3 is 2.71 bits per heavy atom. The van der Waals surface area contributed by atoms with Gasteiger partial charge in [0.2, 0.25) is 0 Å². The highest BCUT2D eigenvalue weighted by Crippen LogP contribution is 2.20. The van der Waals surface area contributed by atoms with E-state index in [4.69, 9.17) is 10.5 Å². The molecule has 0 radical (unpaired) electrons. The van der Waals surface area contributed by atoms with E-state index in [1.807, 2.05) is 30.3 Å². The molecule has 90 valence electrons. The van der Waals surface area contributed by atoms with E-state index in [-0.39, 0.29) is 13.0 Å². The second-order valence-corrected chi connectivity index (χ2v) is 3.86. The molecule has 1 aromatic carbocycles. The molecule has 1 saturated heterocycles. The highest BCUT2D eigenvalue weighted by Gasteiger charge is 2.38. The van der Waals surface area contributed by atoms with Gasteiger partial charge in [0, 0.05) is 0 Å². The number of cyclic esters (lactones) is 1. The summed E-state index contributed by atoms with van der Waals surface area (Å²) in [6, 6.07) is 9.30. The first-order chi connectivity index (χ1) is 8.16. The lowest BCUT2D eigenvalue weighted by molar-refractivity contribution is -0.151. The third kappa shape index (κ3) is 2.82. The normalized spacial score (nSPS) is 23.2. The van der Waals surface area contributed by atoms with Crippen molar-refractivity contribution >= 4 is 11.9 Å². The number of esters is 2. The van der Waals surface area contributed by atoms with Gasteiger partial charge in [0.15, 0.2) is 6.23 Å². The van der Waals surface area contributed by atoms with Crippen LogP contribution in [0.5, 0.6) is 0 Å². The average molecular weight is 235 g/mol. The molecule has 0 amide bonds. The van der Waals surface area contributed by atoms with Crippen molar-refractivity contribution in [3.8, 4) is 0 Å². The number of hydrogen-bond acceptors (Lipinski definition) is 5. The van der Waals surface area contributed by atoms with Crippen LogP contribution in [0, 0.1) is 5.92 Å². The molecule has 5 nitrogen and oxygen atoms in total. The van der Waals surface area contributed by atoms with Crippen molar-refractivity contribution in [1.82, 2.24) is 0 Å². The Kier molecular flexibility index (Phi) is 3.39. The van der Waals surface area contributed by atoms with Crippen LogP contribution in [-0.2, 0) is 25.7 Å². The first-order valence-corrected chi connectivity index (χ1v) is 5.32. The topological polar surface area (TPSA) is 78.6 Å². The molecule has 1 aliphatic heterocycles. The summed E-state index contributed by atoms with van der Waals surface area (Å²) in [5.74, 6) is -1.64. The molecule has 0 aromatic heterocycles. The molecular formula is C12H13NO4. The summed E-state index contributed by atoms with van der Waals surface area (Å²) in [7, 11) is 0. The largest absolute Gasteiger partial charge is 0.460 e. The molecule has 2 atom stereocenters. The van der Waals surface area contributed by atoms with Crippen molar-refractivity contribution < 1.29 is 19.1 Å². The Morgan fingerprint density at radius 1 is 1.41 bits per heavy atom. The molecule has 1 fully saturated rings. The van der Waals surface area contributed by atoms with E-state index in [2.05, 4.69) is 4.74 Å². The fourth-order valence-corrected chi connectivity index (χ4v) is 1.63. The van der Waals surface area contributed by atoms with Gasteiger partial charge in [-0.25, -0.2) is 0 Å². The lowest BCUT2D eigenvalue weighted by atomic mass is 10.1. The van der Waals surface area contributed by atoms with Gasteiger partial charge in [-0.2, -0.15) is 0 Å². The van der Waals surface area contributed by atoms with Gasteiger partial charge in [-0.1, -0.05) is 30.3 Å². The fraction of sp³-hybridized carbons (Fsp3) is 0.333. The minimum Gasteiger partial charge on any atom is -0.460 e. The molecule has 2 unspecified atom stereocenters. The lowest BCUT2D eigenvalue weighted by Crippen LogP contribution is -2.33. The van der Waals surface area contributed by atoms with Gasteiger partial charge in [-0.05, 0) is 5.56 Å². The second kappa shape index (κ2) is 4.97. The quantitative estimate of drug-likeness (QED) is 0.775. The lowest BCUT2D eigenvalue weighted by Gasteiger charge is -2.12. The van der Waals surface area contributed by atoms with E-state index in [9.17, 15) is 9.59 Å². The minimum absolute atomic E-state index is 0.00517. The zero-order chi connectivity index (χ0) is 12.3. The van der Waals surface area contributed by atoms with E-state index in [0.717, 1.165) is 5.56 Å². The maximum Gasteiger partial charge on any atom is 0.315 e. The Labute approximate surface area is 98.5 Å². The summed E-state index contributed by atoms with van der Waals surface area (Å²) < 4.78 is 9.76. The van der Waals surface area contributed by atoms with Crippen LogP contribution in [0.3, 0.4) is 0 Å². The third-order valence-electron chi connectivity index (χ3n) is 2.58. The number of carbonyl (C=O) groups is 2. The molecule has 5 heteroatoms. The van der Waals surface area contributed by atoms with Gasteiger partial charge in [-0.15, -0.1) is 0 Å². The van der Waals surface area contributed by atoms with Crippen LogP contribution in [0.25, 0.3) is 0 Å². The van der Waals surface area contributed by atoms with Crippen LogP contribution in [0.15, 0.2) is 30.3 Å². The van der Waals surface area contributed by atoms with Gasteiger partial charge in [0.25, 0.3) is 0 Å². The van der Waals surface area contributed by atoms with Gasteiger partial charge in [-0.3, -0.25) is 15.3 Å². The number of ether oxygens (including phenoxy) is 2. The molecule has 0 spiro atoms. The molecule has 0 saturated carbocycles. The van der Waals surface area contributed by atoms with Crippen molar-refractivity contribution in [3.63, 3.8) is 0 Å². The van der Waals surface area contributed by atoms with Gasteiger partial charge in [0.1, 0.15) is 12.5 Å². The monoisotopic (exact) mass is 235 g/mol.